The van der Waals surface area contributed by atoms with Gasteiger partial charge in [0, 0.05) is 30.0 Å². The predicted molar refractivity (Wildman–Crippen MR) is 109 cm³/mol. The van der Waals surface area contributed by atoms with Gasteiger partial charge in [-0.2, -0.15) is 0 Å². The van der Waals surface area contributed by atoms with Crippen molar-refractivity contribution >= 4 is 11.4 Å². The zero-order valence-electron chi connectivity index (χ0n) is 16.0. The number of hydrogen-bond donors (Lipinski definition) is 0. The molecule has 138 valence electrons. The number of benzene rings is 2. The van der Waals surface area contributed by atoms with Crippen molar-refractivity contribution in [3.63, 3.8) is 0 Å². The zero-order chi connectivity index (χ0) is 17.9. The summed E-state index contributed by atoms with van der Waals surface area (Å²) >= 11 is 0. The lowest BCUT2D eigenvalue weighted by molar-refractivity contribution is 0.230. The Morgan fingerprint density at radius 3 is 2.58 bits per heavy atom. The fraction of sp³-hybridized carbons (Fsp3) is 0.478. The molecular weight excluding hydrogens is 320 g/mol. The first-order valence-corrected chi connectivity index (χ1v) is 10.1. The van der Waals surface area contributed by atoms with Crippen LogP contribution in [0.4, 0.5) is 11.4 Å². The molecule has 3 nitrogen and oxygen atoms in total. The van der Waals surface area contributed by atoms with Gasteiger partial charge in [0.1, 0.15) is 5.75 Å². The SMILES string of the molecule is CC1Cc2ccccc2N1c1ccc(OCCCN2CCC[C@H]2C)cc1. The molecule has 2 aliphatic rings. The van der Waals surface area contributed by atoms with E-state index in [1.165, 1.54) is 36.3 Å². The maximum Gasteiger partial charge on any atom is 0.119 e. The molecule has 0 bridgehead atoms. The number of para-hydroxylation sites is 1. The second-order valence-corrected chi connectivity index (χ2v) is 7.77. The topological polar surface area (TPSA) is 15.7 Å². The highest BCUT2D eigenvalue weighted by Crippen LogP contribution is 2.38. The summed E-state index contributed by atoms with van der Waals surface area (Å²) in [6, 6.07) is 18.6. The van der Waals surface area contributed by atoms with E-state index in [0.717, 1.165) is 37.8 Å². The van der Waals surface area contributed by atoms with E-state index in [9.17, 15) is 0 Å². The summed E-state index contributed by atoms with van der Waals surface area (Å²) in [6.07, 6.45) is 4.91. The fourth-order valence-corrected chi connectivity index (χ4v) is 4.44. The molecule has 1 saturated heterocycles. The van der Waals surface area contributed by atoms with Crippen LogP contribution >= 0.6 is 0 Å². The minimum absolute atomic E-state index is 0.501. The molecule has 2 aliphatic heterocycles. The average Bonchev–Trinajstić information content (AvgIpc) is 3.21. The molecule has 0 N–H and O–H groups in total. The highest BCUT2D eigenvalue weighted by molar-refractivity contribution is 5.71. The number of rotatable bonds is 6. The molecule has 0 aliphatic carbocycles. The van der Waals surface area contributed by atoms with Crippen LogP contribution in [0.1, 0.15) is 38.7 Å². The minimum atomic E-state index is 0.501. The molecule has 26 heavy (non-hydrogen) atoms. The van der Waals surface area contributed by atoms with Gasteiger partial charge in [0.15, 0.2) is 0 Å². The largest absolute Gasteiger partial charge is 0.494 e. The molecule has 3 heteroatoms. The highest BCUT2D eigenvalue weighted by Gasteiger charge is 2.26. The smallest absolute Gasteiger partial charge is 0.119 e. The Kier molecular flexibility index (Phi) is 5.16. The lowest BCUT2D eigenvalue weighted by Crippen LogP contribution is -2.28. The number of hydrogen-bond acceptors (Lipinski definition) is 3. The van der Waals surface area contributed by atoms with Gasteiger partial charge in [0.05, 0.1) is 6.61 Å². The van der Waals surface area contributed by atoms with Crippen LogP contribution in [0.25, 0.3) is 0 Å². The van der Waals surface area contributed by atoms with Gasteiger partial charge in [-0.1, -0.05) is 18.2 Å². The van der Waals surface area contributed by atoms with E-state index in [0.29, 0.717) is 6.04 Å². The first-order valence-electron chi connectivity index (χ1n) is 10.1. The van der Waals surface area contributed by atoms with Crippen molar-refractivity contribution in [2.24, 2.45) is 0 Å². The summed E-state index contributed by atoms with van der Waals surface area (Å²) in [4.78, 5) is 5.02. The molecular formula is C23H30N2O. The second kappa shape index (κ2) is 7.71. The molecule has 0 spiro atoms. The van der Waals surface area contributed by atoms with Crippen LogP contribution in [0.15, 0.2) is 48.5 Å². The maximum absolute atomic E-state index is 5.97. The van der Waals surface area contributed by atoms with Gasteiger partial charge in [0.25, 0.3) is 0 Å². The molecule has 1 fully saturated rings. The third kappa shape index (κ3) is 3.59. The fourth-order valence-electron chi connectivity index (χ4n) is 4.44. The molecule has 0 radical (unpaired) electrons. The van der Waals surface area contributed by atoms with Gasteiger partial charge in [-0.15, -0.1) is 0 Å². The molecule has 1 unspecified atom stereocenters. The van der Waals surface area contributed by atoms with Gasteiger partial charge >= 0.3 is 0 Å². The van der Waals surface area contributed by atoms with E-state index >= 15 is 0 Å². The molecule has 2 aromatic rings. The average molecular weight is 351 g/mol. The Balaban J connectivity index is 1.32. The van der Waals surface area contributed by atoms with Crippen LogP contribution in [-0.4, -0.2) is 36.7 Å². The minimum Gasteiger partial charge on any atom is -0.494 e. The first kappa shape index (κ1) is 17.4. The molecule has 2 atom stereocenters. The summed E-state index contributed by atoms with van der Waals surface area (Å²) in [5, 5.41) is 0. The Morgan fingerprint density at radius 1 is 1.00 bits per heavy atom. The van der Waals surface area contributed by atoms with E-state index in [2.05, 4.69) is 72.2 Å². The third-order valence-electron chi connectivity index (χ3n) is 5.87. The van der Waals surface area contributed by atoms with Crippen LogP contribution in [0.5, 0.6) is 5.75 Å². The molecule has 2 heterocycles. The van der Waals surface area contributed by atoms with Crippen molar-refractivity contribution in [3.8, 4) is 5.75 Å². The second-order valence-electron chi connectivity index (χ2n) is 7.77. The first-order chi connectivity index (χ1) is 12.7. The Morgan fingerprint density at radius 2 is 1.81 bits per heavy atom. The molecule has 0 saturated carbocycles. The van der Waals surface area contributed by atoms with Gasteiger partial charge < -0.3 is 14.5 Å². The van der Waals surface area contributed by atoms with E-state index < -0.39 is 0 Å². The number of ether oxygens (including phenoxy) is 1. The third-order valence-corrected chi connectivity index (χ3v) is 5.87. The van der Waals surface area contributed by atoms with Crippen molar-refractivity contribution in [2.45, 2.75) is 51.6 Å². The van der Waals surface area contributed by atoms with Crippen molar-refractivity contribution in [2.75, 3.05) is 24.6 Å². The van der Waals surface area contributed by atoms with Crippen molar-refractivity contribution < 1.29 is 4.74 Å². The quantitative estimate of drug-likeness (QED) is 0.680. The van der Waals surface area contributed by atoms with E-state index in [4.69, 9.17) is 4.74 Å². The number of fused-ring (bicyclic) bond motifs is 1. The lowest BCUT2D eigenvalue weighted by Gasteiger charge is -2.25. The Labute approximate surface area is 157 Å². The lowest BCUT2D eigenvalue weighted by atomic mass is 10.1. The van der Waals surface area contributed by atoms with Gasteiger partial charge in [0.2, 0.25) is 0 Å². The Bertz CT molecular complexity index is 727. The monoisotopic (exact) mass is 350 g/mol. The number of anilines is 2. The zero-order valence-corrected chi connectivity index (χ0v) is 16.0. The summed E-state index contributed by atoms with van der Waals surface area (Å²) in [5.41, 5.74) is 4.03. The van der Waals surface area contributed by atoms with Crippen LogP contribution in [-0.2, 0) is 6.42 Å². The highest BCUT2D eigenvalue weighted by atomic mass is 16.5. The van der Waals surface area contributed by atoms with Crippen LogP contribution in [0, 0.1) is 0 Å². The molecule has 0 amide bonds. The Hall–Kier alpha value is -2.00. The number of likely N-dealkylation sites (tertiary alicyclic amines) is 1. The van der Waals surface area contributed by atoms with Crippen molar-refractivity contribution in [3.05, 3.63) is 54.1 Å². The summed E-state index contributed by atoms with van der Waals surface area (Å²) in [5.74, 6) is 0.975. The molecule has 4 rings (SSSR count). The normalized spacial score (nSPS) is 22.6. The van der Waals surface area contributed by atoms with E-state index in [1.807, 2.05) is 0 Å². The van der Waals surface area contributed by atoms with E-state index in [-0.39, 0.29) is 0 Å². The van der Waals surface area contributed by atoms with Crippen LogP contribution in [0.2, 0.25) is 0 Å². The van der Waals surface area contributed by atoms with Gasteiger partial charge in [-0.05, 0) is 82.0 Å². The molecule has 2 aromatic carbocycles. The van der Waals surface area contributed by atoms with E-state index in [1.54, 1.807) is 0 Å². The van der Waals surface area contributed by atoms with Crippen LogP contribution in [0.3, 0.4) is 0 Å². The van der Waals surface area contributed by atoms with Gasteiger partial charge in [-0.3, -0.25) is 0 Å². The maximum atomic E-state index is 5.97. The summed E-state index contributed by atoms with van der Waals surface area (Å²) < 4.78 is 5.97. The van der Waals surface area contributed by atoms with Crippen molar-refractivity contribution in [1.82, 2.24) is 4.90 Å². The van der Waals surface area contributed by atoms with Crippen molar-refractivity contribution in [1.29, 1.82) is 0 Å². The standard InChI is InChI=1S/C23H30N2O/c1-18-7-5-14-24(18)15-6-16-26-22-12-10-21(11-13-22)25-19(2)17-20-8-3-4-9-23(20)25/h3-4,8-13,18-19H,5-7,14-17H2,1-2H3/t18-,19?/m1/s1. The number of nitrogens with zero attached hydrogens (tertiary/aromatic N) is 2. The molecule has 0 aromatic heterocycles. The van der Waals surface area contributed by atoms with Gasteiger partial charge in [-0.25, -0.2) is 0 Å². The predicted octanol–water partition coefficient (Wildman–Crippen LogP) is 5.02. The summed E-state index contributed by atoms with van der Waals surface area (Å²) in [7, 11) is 0. The van der Waals surface area contributed by atoms with Crippen LogP contribution < -0.4 is 9.64 Å². The summed E-state index contributed by atoms with van der Waals surface area (Å²) in [6.45, 7) is 7.84.